The Morgan fingerprint density at radius 3 is 1.44 bits per heavy atom. The average molecular weight is 273 g/mol. The van der Waals surface area contributed by atoms with Crippen molar-refractivity contribution in [3.63, 3.8) is 0 Å². The maximum atomic E-state index is 2.16. The van der Waals surface area contributed by atoms with Crippen molar-refractivity contribution in [3.8, 4) is 0 Å². The molecule has 0 aromatic carbocycles. The standard InChI is InChI=1S/C6H8S2.C6H8S.CH4/c1-5-3-4-6(7-2)8-5;1-5-3-4-6(2)7-5;/h3-4H,1-2H3;3-4H,1-2H3;1H4. The van der Waals surface area contributed by atoms with Gasteiger partial charge in [-0.05, 0) is 51.3 Å². The fourth-order valence-corrected chi connectivity index (χ4v) is 3.38. The third-order valence-corrected chi connectivity index (χ3v) is 4.79. The van der Waals surface area contributed by atoms with Crippen molar-refractivity contribution in [2.24, 2.45) is 0 Å². The summed E-state index contributed by atoms with van der Waals surface area (Å²) in [6.45, 7) is 6.37. The number of aryl methyl sites for hydroxylation is 3. The quantitative estimate of drug-likeness (QED) is 0.593. The Morgan fingerprint density at radius 1 is 0.812 bits per heavy atom. The normalized spacial score (nSPS) is 9.00. The second kappa shape index (κ2) is 7.93. The molecule has 0 atom stereocenters. The molecule has 0 radical (unpaired) electrons. The first kappa shape index (κ1) is 15.8. The van der Waals surface area contributed by atoms with Crippen LogP contribution in [0.3, 0.4) is 0 Å². The van der Waals surface area contributed by atoms with Gasteiger partial charge in [-0.25, -0.2) is 0 Å². The predicted octanol–water partition coefficient (Wildman–Crippen LogP) is 5.78. The van der Waals surface area contributed by atoms with E-state index >= 15 is 0 Å². The van der Waals surface area contributed by atoms with Gasteiger partial charge in [0.05, 0.1) is 4.21 Å². The van der Waals surface area contributed by atoms with E-state index in [-0.39, 0.29) is 7.43 Å². The number of rotatable bonds is 1. The zero-order valence-corrected chi connectivity index (χ0v) is 12.0. The van der Waals surface area contributed by atoms with Gasteiger partial charge in [-0.15, -0.1) is 34.4 Å². The Kier molecular flexibility index (Phi) is 7.81. The summed E-state index contributed by atoms with van der Waals surface area (Å²) in [5.74, 6) is 0. The van der Waals surface area contributed by atoms with Crippen molar-refractivity contribution >= 4 is 34.4 Å². The van der Waals surface area contributed by atoms with Crippen LogP contribution in [0.15, 0.2) is 28.5 Å². The van der Waals surface area contributed by atoms with Crippen LogP contribution >= 0.6 is 34.4 Å². The smallest absolute Gasteiger partial charge is 0.0598 e. The summed E-state index contributed by atoms with van der Waals surface area (Å²) >= 11 is 5.50. The van der Waals surface area contributed by atoms with Crippen LogP contribution < -0.4 is 0 Å². The van der Waals surface area contributed by atoms with Crippen LogP contribution in [0.25, 0.3) is 0 Å². The number of hydrogen-bond acceptors (Lipinski definition) is 3. The summed E-state index contributed by atoms with van der Waals surface area (Å²) in [5, 5.41) is 0. The lowest BCUT2D eigenvalue weighted by atomic mass is 10.5. The summed E-state index contributed by atoms with van der Waals surface area (Å²) < 4.78 is 1.41. The highest BCUT2D eigenvalue weighted by Crippen LogP contribution is 2.23. The van der Waals surface area contributed by atoms with E-state index in [4.69, 9.17) is 0 Å². The molecule has 0 unspecified atom stereocenters. The third-order valence-electron chi connectivity index (χ3n) is 1.79. The summed E-state index contributed by atoms with van der Waals surface area (Å²) in [5.41, 5.74) is 0. The molecule has 0 nitrogen and oxygen atoms in total. The van der Waals surface area contributed by atoms with Gasteiger partial charge < -0.3 is 0 Å². The van der Waals surface area contributed by atoms with Crippen molar-refractivity contribution in [2.75, 3.05) is 6.26 Å². The Hall–Kier alpha value is -0.250. The Balaban J connectivity index is 0.000000267. The molecular formula is C13H20S3. The van der Waals surface area contributed by atoms with Crippen molar-refractivity contribution in [2.45, 2.75) is 32.4 Å². The minimum Gasteiger partial charge on any atom is -0.146 e. The number of thiophene rings is 2. The van der Waals surface area contributed by atoms with E-state index in [1.54, 1.807) is 0 Å². The molecule has 3 heteroatoms. The second-order valence-electron chi connectivity index (χ2n) is 3.23. The summed E-state index contributed by atoms with van der Waals surface area (Å²) in [7, 11) is 0. The Bertz CT molecular complexity index is 382. The van der Waals surface area contributed by atoms with Crippen LogP contribution in [0, 0.1) is 20.8 Å². The van der Waals surface area contributed by atoms with Crippen molar-refractivity contribution in [1.82, 2.24) is 0 Å². The van der Waals surface area contributed by atoms with Gasteiger partial charge in [0.2, 0.25) is 0 Å². The molecule has 0 fully saturated rings. The van der Waals surface area contributed by atoms with Crippen LogP contribution in [0.5, 0.6) is 0 Å². The fraction of sp³-hybridized carbons (Fsp3) is 0.385. The first-order chi connectivity index (χ1) is 7.11. The van der Waals surface area contributed by atoms with Crippen molar-refractivity contribution < 1.29 is 0 Å². The van der Waals surface area contributed by atoms with E-state index < -0.39 is 0 Å². The average Bonchev–Trinajstić information content (AvgIpc) is 2.76. The lowest BCUT2D eigenvalue weighted by molar-refractivity contribution is 1.61. The van der Waals surface area contributed by atoms with E-state index in [1.807, 2.05) is 34.4 Å². The van der Waals surface area contributed by atoms with Crippen LogP contribution in [-0.2, 0) is 0 Å². The maximum absolute atomic E-state index is 2.16. The third kappa shape index (κ3) is 5.73. The van der Waals surface area contributed by atoms with E-state index in [1.165, 1.54) is 18.8 Å². The van der Waals surface area contributed by atoms with Crippen molar-refractivity contribution in [1.29, 1.82) is 0 Å². The van der Waals surface area contributed by atoms with Crippen LogP contribution in [0.1, 0.15) is 22.1 Å². The highest BCUT2D eigenvalue weighted by molar-refractivity contribution is 8.00. The molecule has 0 N–H and O–H groups in total. The Labute approximate surface area is 112 Å². The maximum Gasteiger partial charge on any atom is 0.0598 e. The molecule has 0 bridgehead atoms. The van der Waals surface area contributed by atoms with Crippen LogP contribution in [-0.4, -0.2) is 6.26 Å². The zero-order chi connectivity index (χ0) is 11.3. The summed E-state index contributed by atoms with van der Waals surface area (Å²) in [6, 6.07) is 8.58. The number of thioether (sulfide) groups is 1. The molecule has 0 spiro atoms. The second-order valence-corrected chi connectivity index (χ2v) is 7.11. The summed E-state index contributed by atoms with van der Waals surface area (Å²) in [4.78, 5) is 4.20. The highest BCUT2D eigenvalue weighted by atomic mass is 32.2. The molecular weight excluding hydrogens is 252 g/mol. The minimum atomic E-state index is 0. The topological polar surface area (TPSA) is 0 Å². The molecule has 0 aliphatic carbocycles. The largest absolute Gasteiger partial charge is 0.146 e. The van der Waals surface area contributed by atoms with E-state index in [0.717, 1.165) is 0 Å². The lowest BCUT2D eigenvalue weighted by Gasteiger charge is -1.80. The molecule has 0 saturated carbocycles. The molecule has 2 aromatic heterocycles. The SMILES string of the molecule is C.CSc1ccc(C)s1.Cc1ccc(C)s1. The van der Waals surface area contributed by atoms with Gasteiger partial charge in [-0.3, -0.25) is 0 Å². The Morgan fingerprint density at radius 2 is 1.25 bits per heavy atom. The number of hydrogen-bond donors (Lipinski definition) is 0. The minimum absolute atomic E-state index is 0. The highest BCUT2D eigenvalue weighted by Gasteiger charge is 1.90. The van der Waals surface area contributed by atoms with Gasteiger partial charge in [0, 0.05) is 14.6 Å². The molecule has 2 aromatic rings. The van der Waals surface area contributed by atoms with Crippen LogP contribution in [0.4, 0.5) is 0 Å². The molecule has 2 heterocycles. The van der Waals surface area contributed by atoms with Gasteiger partial charge in [0.25, 0.3) is 0 Å². The van der Waals surface area contributed by atoms with E-state index in [0.29, 0.717) is 0 Å². The monoisotopic (exact) mass is 272 g/mol. The molecule has 0 amide bonds. The molecule has 16 heavy (non-hydrogen) atoms. The van der Waals surface area contributed by atoms with Gasteiger partial charge in [0.1, 0.15) is 0 Å². The van der Waals surface area contributed by atoms with Gasteiger partial charge in [0.15, 0.2) is 0 Å². The summed E-state index contributed by atoms with van der Waals surface area (Å²) in [6.07, 6.45) is 2.10. The van der Waals surface area contributed by atoms with E-state index in [2.05, 4.69) is 51.3 Å². The fourth-order valence-electron chi connectivity index (χ4n) is 1.08. The first-order valence-corrected chi connectivity index (χ1v) is 7.61. The zero-order valence-electron chi connectivity index (χ0n) is 9.53. The molecule has 0 aliphatic rings. The van der Waals surface area contributed by atoms with Crippen LogP contribution in [0.2, 0.25) is 0 Å². The molecule has 0 saturated heterocycles. The van der Waals surface area contributed by atoms with Gasteiger partial charge >= 0.3 is 0 Å². The van der Waals surface area contributed by atoms with Crippen molar-refractivity contribution in [3.05, 3.63) is 38.9 Å². The first-order valence-electron chi connectivity index (χ1n) is 4.75. The molecule has 2 rings (SSSR count). The molecule has 90 valence electrons. The predicted molar refractivity (Wildman–Crippen MR) is 81.4 cm³/mol. The lowest BCUT2D eigenvalue weighted by Crippen LogP contribution is -1.46. The molecule has 0 aliphatic heterocycles. The van der Waals surface area contributed by atoms with E-state index in [9.17, 15) is 0 Å². The van der Waals surface area contributed by atoms with Gasteiger partial charge in [-0.1, -0.05) is 7.43 Å². The van der Waals surface area contributed by atoms with Gasteiger partial charge in [-0.2, -0.15) is 0 Å².